The van der Waals surface area contributed by atoms with E-state index in [0.29, 0.717) is 5.69 Å². The third kappa shape index (κ3) is 10.9. The zero-order valence-electron chi connectivity index (χ0n) is 11.1. The van der Waals surface area contributed by atoms with Crippen LogP contribution in [0.25, 0.3) is 0 Å². The smallest absolute Gasteiger partial charge is 0.309 e. The molecule has 0 heterocycles. The Balaban J connectivity index is -0.000000429. The summed E-state index contributed by atoms with van der Waals surface area (Å²) in [5.41, 5.74) is 14.4. The average Bonchev–Trinajstić information content (AvgIpc) is 2.15. The van der Waals surface area contributed by atoms with E-state index in [2.05, 4.69) is 11.5 Å². The van der Waals surface area contributed by atoms with Gasteiger partial charge in [-0.25, -0.2) is 17.9 Å². The summed E-state index contributed by atoms with van der Waals surface area (Å²) in [7, 11) is -3.73. The molecule has 0 saturated carbocycles. The fourth-order valence-electron chi connectivity index (χ4n) is 0.895. The van der Waals surface area contributed by atoms with Crippen LogP contribution in [0.5, 0.6) is 0 Å². The number of nitrogens with one attached hydrogen (secondary N) is 1. The first-order valence-electron chi connectivity index (χ1n) is 4.59. The molecule has 11 heteroatoms. The third-order valence-corrected chi connectivity index (χ3v) is 2.92. The Morgan fingerprint density at radius 1 is 1.10 bits per heavy atom. The van der Waals surface area contributed by atoms with Crippen LogP contribution in [-0.4, -0.2) is 49.9 Å². The number of amides is 3. The number of nitrogens with two attached hydrogens (primary N) is 3. The zero-order valence-corrected chi connectivity index (χ0v) is 14.9. The van der Waals surface area contributed by atoms with Crippen molar-refractivity contribution in [3.8, 4) is 0 Å². The van der Waals surface area contributed by atoms with Gasteiger partial charge in [-0.1, -0.05) is 0 Å². The quantitative estimate of drug-likeness (QED) is 0.397. The van der Waals surface area contributed by atoms with Crippen molar-refractivity contribution in [3.63, 3.8) is 0 Å². The van der Waals surface area contributed by atoms with Gasteiger partial charge < -0.3 is 17.2 Å². The van der Waals surface area contributed by atoms with Gasteiger partial charge in [0.15, 0.2) is 0 Å². The maximum absolute atomic E-state index is 11.4. The van der Waals surface area contributed by atoms with Crippen LogP contribution in [0.4, 0.5) is 10.5 Å². The summed E-state index contributed by atoms with van der Waals surface area (Å²) in [5, 5.41) is 0. The van der Waals surface area contributed by atoms with Gasteiger partial charge in [-0.2, -0.15) is 13.5 Å². The van der Waals surface area contributed by atoms with E-state index in [1.807, 2.05) is 4.72 Å². The summed E-state index contributed by atoms with van der Waals surface area (Å²) in [6.45, 7) is 1.13. The van der Waals surface area contributed by atoms with E-state index >= 15 is 0 Å². The summed E-state index contributed by atoms with van der Waals surface area (Å²) < 4.78 is 24.6. The molecule has 0 aliphatic rings. The van der Waals surface area contributed by atoms with Crippen molar-refractivity contribution in [2.24, 2.45) is 11.5 Å². The number of hydrogen-bond donors (Lipinski definition) is 4. The molecular formula is C9H16N4NaO4S2. The summed E-state index contributed by atoms with van der Waals surface area (Å²) >= 11 is 0. The zero-order chi connectivity index (χ0) is 14.3. The number of sulfonamides is 1. The Hall–Kier alpha value is -0.940. The molecule has 20 heavy (non-hydrogen) atoms. The van der Waals surface area contributed by atoms with Crippen molar-refractivity contribution >= 4 is 70.7 Å². The van der Waals surface area contributed by atoms with E-state index in [9.17, 15) is 13.2 Å². The van der Waals surface area contributed by atoms with Crippen molar-refractivity contribution < 1.29 is 18.0 Å². The van der Waals surface area contributed by atoms with E-state index in [-0.39, 0.29) is 47.9 Å². The molecule has 7 N–H and O–H groups in total. The Labute approximate surface area is 146 Å². The van der Waals surface area contributed by atoms with E-state index < -0.39 is 22.0 Å². The molecular weight excluding hydrogens is 315 g/mol. The summed E-state index contributed by atoms with van der Waals surface area (Å²) in [6, 6.07) is 4.74. The minimum absolute atomic E-state index is 0. The van der Waals surface area contributed by atoms with Crippen molar-refractivity contribution in [2.75, 3.05) is 5.73 Å². The SMILES string of the molecule is CC(=O)NS(=O)(=O)c1ccc(N)cc1.NC(N)=O.S.[Na]. The van der Waals surface area contributed by atoms with Gasteiger partial charge in [0.05, 0.1) is 4.90 Å². The van der Waals surface area contributed by atoms with Crippen LogP contribution in [0, 0.1) is 0 Å². The predicted octanol–water partition coefficient (Wildman–Crippen LogP) is -1.15. The van der Waals surface area contributed by atoms with Crippen LogP contribution in [0.1, 0.15) is 6.92 Å². The Kier molecular flexibility index (Phi) is 13.0. The first-order valence-corrected chi connectivity index (χ1v) is 6.07. The minimum atomic E-state index is -3.73. The van der Waals surface area contributed by atoms with Crippen LogP contribution < -0.4 is 21.9 Å². The van der Waals surface area contributed by atoms with Crippen LogP contribution in [0.3, 0.4) is 0 Å². The topological polar surface area (TPSA) is 158 Å². The number of carbonyl (C=O) groups excluding carboxylic acids is 2. The van der Waals surface area contributed by atoms with Gasteiger partial charge in [-0.3, -0.25) is 4.79 Å². The van der Waals surface area contributed by atoms with Gasteiger partial charge >= 0.3 is 6.03 Å². The van der Waals surface area contributed by atoms with Gasteiger partial charge in [-0.05, 0) is 24.3 Å². The number of urea groups is 1. The second-order valence-corrected chi connectivity index (χ2v) is 4.82. The van der Waals surface area contributed by atoms with Crippen LogP contribution in [-0.2, 0) is 14.8 Å². The molecule has 1 rings (SSSR count). The number of hydrogen-bond acceptors (Lipinski definition) is 5. The van der Waals surface area contributed by atoms with E-state index in [4.69, 9.17) is 10.5 Å². The molecule has 8 nitrogen and oxygen atoms in total. The first-order chi connectivity index (χ1) is 8.15. The van der Waals surface area contributed by atoms with Gasteiger partial charge in [0.2, 0.25) is 5.91 Å². The monoisotopic (exact) mass is 331 g/mol. The number of benzene rings is 1. The second kappa shape index (κ2) is 10.8. The molecule has 3 amide bonds. The van der Waals surface area contributed by atoms with Crippen molar-refractivity contribution in [1.29, 1.82) is 0 Å². The van der Waals surface area contributed by atoms with E-state index in [1.54, 1.807) is 0 Å². The summed E-state index contributed by atoms with van der Waals surface area (Å²) in [4.78, 5) is 19.6. The number of carbonyl (C=O) groups is 2. The normalized spacial score (nSPS) is 8.85. The standard InChI is InChI=1S/C8H10N2O3S.CH4N2O.Na.H2S/c1-6(11)10-14(12,13)8-4-2-7(9)3-5-8;2-1(3)4;;/h2-5H,9H2,1H3,(H,10,11);(H4,2,3,4);;1H2. The van der Waals surface area contributed by atoms with Crippen LogP contribution >= 0.6 is 13.5 Å². The number of anilines is 1. The second-order valence-electron chi connectivity index (χ2n) is 3.13. The molecule has 1 radical (unpaired) electrons. The maximum Gasteiger partial charge on any atom is 0.309 e. The van der Waals surface area contributed by atoms with Crippen molar-refractivity contribution in [3.05, 3.63) is 24.3 Å². The maximum atomic E-state index is 11.4. The molecule has 1 aromatic carbocycles. The molecule has 0 aromatic heterocycles. The number of rotatable bonds is 2. The molecule has 0 spiro atoms. The number of primary amides is 2. The van der Waals surface area contributed by atoms with Crippen LogP contribution in [0.15, 0.2) is 29.2 Å². The van der Waals surface area contributed by atoms with Crippen molar-refractivity contribution in [2.45, 2.75) is 11.8 Å². The Morgan fingerprint density at radius 3 is 1.75 bits per heavy atom. The molecule has 0 unspecified atom stereocenters. The fourth-order valence-corrected chi connectivity index (χ4v) is 1.89. The molecule has 0 aliphatic carbocycles. The number of nitrogen functional groups attached to an aromatic ring is 1. The first kappa shape index (κ1) is 24.1. The average molecular weight is 331 g/mol. The molecule has 1 aromatic rings. The molecule has 109 valence electrons. The van der Waals surface area contributed by atoms with Gasteiger partial charge in [-0.15, -0.1) is 0 Å². The Bertz CT molecular complexity index is 529. The van der Waals surface area contributed by atoms with Gasteiger partial charge in [0.25, 0.3) is 10.0 Å². The summed E-state index contributed by atoms with van der Waals surface area (Å²) in [5.74, 6) is -0.623. The van der Waals surface area contributed by atoms with Crippen LogP contribution in [0.2, 0.25) is 0 Å². The largest absolute Gasteiger partial charge is 0.399 e. The van der Waals surface area contributed by atoms with Gasteiger partial charge in [0.1, 0.15) is 0 Å². The summed E-state index contributed by atoms with van der Waals surface area (Å²) in [6.07, 6.45) is 0. The molecule has 0 fully saturated rings. The fraction of sp³-hybridized carbons (Fsp3) is 0.111. The van der Waals surface area contributed by atoms with Gasteiger partial charge in [0, 0.05) is 42.2 Å². The minimum Gasteiger partial charge on any atom is -0.399 e. The molecule has 0 aliphatic heterocycles. The molecule has 0 atom stereocenters. The van der Waals surface area contributed by atoms with E-state index in [0.717, 1.165) is 6.92 Å². The third-order valence-electron chi connectivity index (χ3n) is 1.47. The molecule has 0 saturated heterocycles. The molecule has 0 bridgehead atoms. The predicted molar refractivity (Wildman–Crippen MR) is 81.8 cm³/mol. The van der Waals surface area contributed by atoms with Crippen molar-refractivity contribution in [1.82, 2.24) is 4.72 Å². The Morgan fingerprint density at radius 2 is 1.45 bits per heavy atom. The van der Waals surface area contributed by atoms with E-state index in [1.165, 1.54) is 24.3 Å².